The van der Waals surface area contributed by atoms with Gasteiger partial charge >= 0.3 is 0 Å². The number of aromatic amines is 2. The normalized spacial score (nSPS) is 12.1. The SMILES string of the molecule is CC(C)CC(=O)n1c2cncc(c2)c2ncc3[nH]nc(c4nc5c(cncc5c5ccc1s5)[nH]4)c3c2F. The molecule has 2 N–H and O–H groups in total. The molecule has 0 saturated carbocycles. The zero-order chi connectivity index (χ0) is 25.3. The van der Waals surface area contributed by atoms with Crippen molar-refractivity contribution in [2.45, 2.75) is 20.3 Å². The molecule has 0 radical (unpaired) electrons. The molecule has 37 heavy (non-hydrogen) atoms. The first-order valence-corrected chi connectivity index (χ1v) is 12.5. The number of fused-ring (bicyclic) bond motifs is 9. The van der Waals surface area contributed by atoms with Crippen LogP contribution in [0.25, 0.3) is 64.4 Å². The molecule has 0 unspecified atom stereocenters. The predicted molar refractivity (Wildman–Crippen MR) is 143 cm³/mol. The third-order valence-electron chi connectivity index (χ3n) is 6.33. The third kappa shape index (κ3) is 3.34. The molecule has 0 amide bonds. The Labute approximate surface area is 211 Å². The molecule has 7 rings (SSSR count). The Morgan fingerprint density at radius 1 is 1.05 bits per heavy atom. The molecule has 7 aromatic heterocycles. The van der Waals surface area contributed by atoms with E-state index < -0.39 is 5.82 Å². The fraction of sp³-hybridized carbons (Fsp3) is 0.154. The van der Waals surface area contributed by atoms with Gasteiger partial charge in [0.15, 0.2) is 11.5 Å². The maximum absolute atomic E-state index is 16.1. The lowest BCUT2D eigenvalue weighted by atomic mass is 10.1. The molecule has 0 aromatic carbocycles. The van der Waals surface area contributed by atoms with E-state index in [9.17, 15) is 4.79 Å². The van der Waals surface area contributed by atoms with Crippen molar-refractivity contribution in [2.75, 3.05) is 0 Å². The van der Waals surface area contributed by atoms with Gasteiger partial charge in [-0.05, 0) is 24.1 Å². The molecule has 7 heterocycles. The van der Waals surface area contributed by atoms with Gasteiger partial charge in [0.1, 0.15) is 21.4 Å². The van der Waals surface area contributed by atoms with Crippen molar-refractivity contribution in [3.63, 3.8) is 0 Å². The van der Waals surface area contributed by atoms with Crippen LogP contribution in [0.4, 0.5) is 4.39 Å². The first-order valence-electron chi connectivity index (χ1n) is 11.7. The number of nitrogens with zero attached hydrogens (tertiary/aromatic N) is 6. The highest BCUT2D eigenvalue weighted by Gasteiger charge is 2.17. The summed E-state index contributed by atoms with van der Waals surface area (Å²) in [6.07, 6.45) is 8.46. The van der Waals surface area contributed by atoms with E-state index in [1.807, 2.05) is 26.0 Å². The van der Waals surface area contributed by atoms with Crippen LogP contribution in [-0.4, -0.2) is 45.6 Å². The van der Waals surface area contributed by atoms with Crippen molar-refractivity contribution in [2.24, 2.45) is 5.92 Å². The maximum atomic E-state index is 16.1. The van der Waals surface area contributed by atoms with Crippen molar-refractivity contribution >= 4 is 81.7 Å². The van der Waals surface area contributed by atoms with Gasteiger partial charge in [0, 0.05) is 34.3 Å². The number of carbonyl (C=O) groups excluding carboxylic acids is 1. The Bertz CT molecular complexity index is 2100. The molecule has 0 fully saturated rings. The Hall–Kier alpha value is -4.51. The van der Waals surface area contributed by atoms with Crippen molar-refractivity contribution in [1.82, 2.24) is 39.7 Å². The van der Waals surface area contributed by atoms with Gasteiger partial charge in [-0.25, -0.2) is 9.37 Å². The van der Waals surface area contributed by atoms with Gasteiger partial charge in [0.05, 0.1) is 40.5 Å². The summed E-state index contributed by atoms with van der Waals surface area (Å²) >= 11 is 1.46. The number of hydrogen-bond acceptors (Lipinski definition) is 7. The lowest BCUT2D eigenvalue weighted by molar-refractivity contribution is 0.0897. The Morgan fingerprint density at radius 3 is 2.78 bits per heavy atom. The van der Waals surface area contributed by atoms with Crippen LogP contribution in [0.1, 0.15) is 25.1 Å². The van der Waals surface area contributed by atoms with E-state index in [4.69, 9.17) is 4.98 Å². The zero-order valence-electron chi connectivity index (χ0n) is 19.8. The van der Waals surface area contributed by atoms with E-state index in [1.54, 1.807) is 35.4 Å². The van der Waals surface area contributed by atoms with Gasteiger partial charge in [0.25, 0.3) is 0 Å². The smallest absolute Gasteiger partial charge is 0.232 e. The van der Waals surface area contributed by atoms with Crippen LogP contribution in [0.5, 0.6) is 0 Å². The van der Waals surface area contributed by atoms with E-state index in [-0.39, 0.29) is 22.7 Å². The number of halogens is 1. The minimum absolute atomic E-state index is 0.0777. The molecular formula is C26H19FN8OS. The first kappa shape index (κ1) is 21.7. The summed E-state index contributed by atoms with van der Waals surface area (Å²) in [5.74, 6) is -0.473. The van der Waals surface area contributed by atoms with Crippen LogP contribution in [0.15, 0.2) is 49.2 Å². The summed E-state index contributed by atoms with van der Waals surface area (Å²) in [7, 11) is 0. The van der Waals surface area contributed by atoms with Gasteiger partial charge in [-0.3, -0.25) is 29.4 Å². The van der Waals surface area contributed by atoms with Gasteiger partial charge < -0.3 is 4.98 Å². The zero-order valence-corrected chi connectivity index (χ0v) is 20.6. The lowest BCUT2D eigenvalue weighted by Crippen LogP contribution is -2.13. The predicted octanol–water partition coefficient (Wildman–Crippen LogP) is 6.05. The molecule has 182 valence electrons. The standard InChI is InChI=1S/C26H19FN8OS/c1-12(2)5-19(36)35-14-6-13(7-28-8-14)23-22(27)21-16(11-30-23)33-34-25(21)26-31-17-10-29-9-15(24(17)32-26)18-3-4-20(35)37-18/h3-4,6-12H,5H2,1-2H3,(H,31,32)(H,33,34). The first-order chi connectivity index (χ1) is 18.0. The summed E-state index contributed by atoms with van der Waals surface area (Å²) in [5, 5.41) is 8.74. The van der Waals surface area contributed by atoms with Crippen LogP contribution in [0, 0.1) is 11.7 Å². The maximum Gasteiger partial charge on any atom is 0.232 e. The molecule has 9 nitrogen and oxygen atoms in total. The second kappa shape index (κ2) is 8.00. The minimum Gasteiger partial charge on any atom is -0.335 e. The Morgan fingerprint density at radius 2 is 1.92 bits per heavy atom. The van der Waals surface area contributed by atoms with Crippen molar-refractivity contribution < 1.29 is 9.18 Å². The van der Waals surface area contributed by atoms with Gasteiger partial charge in [-0.1, -0.05) is 13.8 Å². The quantitative estimate of drug-likeness (QED) is 0.292. The fourth-order valence-corrected chi connectivity index (χ4v) is 5.74. The summed E-state index contributed by atoms with van der Waals surface area (Å²) in [6.45, 7) is 4.00. The van der Waals surface area contributed by atoms with Gasteiger partial charge in [-0.2, -0.15) is 5.10 Å². The number of H-pyrrole nitrogens is 2. The fourth-order valence-electron chi connectivity index (χ4n) is 4.68. The molecule has 0 saturated heterocycles. The van der Waals surface area contributed by atoms with Crippen LogP contribution in [-0.2, 0) is 0 Å². The third-order valence-corrected chi connectivity index (χ3v) is 7.43. The number of aromatic nitrogens is 8. The van der Waals surface area contributed by atoms with Crippen molar-refractivity contribution in [3.8, 4) is 0 Å². The molecule has 0 spiro atoms. The largest absolute Gasteiger partial charge is 0.335 e. The van der Waals surface area contributed by atoms with Crippen LogP contribution < -0.4 is 0 Å². The van der Waals surface area contributed by atoms with E-state index >= 15 is 4.39 Å². The van der Waals surface area contributed by atoms with Crippen LogP contribution >= 0.6 is 11.3 Å². The summed E-state index contributed by atoms with van der Waals surface area (Å²) < 4.78 is 18.6. The summed E-state index contributed by atoms with van der Waals surface area (Å²) in [4.78, 5) is 35.4. The molecule has 0 atom stereocenters. The van der Waals surface area contributed by atoms with E-state index in [1.165, 1.54) is 17.5 Å². The lowest BCUT2D eigenvalue weighted by Gasteiger charge is -2.09. The molecule has 0 aliphatic rings. The topological polar surface area (TPSA) is 118 Å². The van der Waals surface area contributed by atoms with Gasteiger partial charge in [-0.15, -0.1) is 11.3 Å². The number of rotatable bonds is 2. The Kier molecular flexibility index (Phi) is 4.70. The van der Waals surface area contributed by atoms with Crippen LogP contribution in [0.3, 0.4) is 0 Å². The van der Waals surface area contributed by atoms with Gasteiger partial charge in [0.2, 0.25) is 5.91 Å². The monoisotopic (exact) mass is 510 g/mol. The molecule has 7 aromatic rings. The molecule has 8 bridgehead atoms. The highest BCUT2D eigenvalue weighted by molar-refractivity contribution is 7.24. The summed E-state index contributed by atoms with van der Waals surface area (Å²) in [6, 6.07) is 5.61. The second-order valence-electron chi connectivity index (χ2n) is 9.35. The Balaban J connectivity index is 1.76. The minimum atomic E-state index is -0.549. The molecule has 0 aliphatic heterocycles. The molecule has 0 aliphatic carbocycles. The molecular weight excluding hydrogens is 491 g/mol. The number of carbonyl (C=O) groups is 1. The number of hydrogen-bond donors (Lipinski definition) is 2. The highest BCUT2D eigenvalue weighted by Crippen LogP contribution is 2.31. The number of nitrogens with one attached hydrogen (secondary N) is 2. The average Bonchev–Trinajstić information content (AvgIpc) is 3.61. The average molecular weight is 511 g/mol. The number of pyridine rings is 3. The second-order valence-corrected chi connectivity index (χ2v) is 10.4. The van der Waals surface area contributed by atoms with E-state index in [0.717, 1.165) is 14.9 Å². The number of imidazole rings is 1. The highest BCUT2D eigenvalue weighted by atomic mass is 32.1. The van der Waals surface area contributed by atoms with Crippen LogP contribution in [0.2, 0.25) is 0 Å². The van der Waals surface area contributed by atoms with E-state index in [2.05, 4.69) is 30.1 Å². The van der Waals surface area contributed by atoms with Crippen molar-refractivity contribution in [3.05, 3.63) is 55.0 Å². The molecule has 11 heteroatoms. The van der Waals surface area contributed by atoms with E-state index in [0.29, 0.717) is 45.0 Å². The number of thiophene rings is 1. The summed E-state index contributed by atoms with van der Waals surface area (Å²) in [5.41, 5.74) is 3.24. The van der Waals surface area contributed by atoms with Crippen molar-refractivity contribution in [1.29, 1.82) is 0 Å².